The van der Waals surface area contributed by atoms with Gasteiger partial charge in [-0.05, 0) is 12.1 Å². The quantitative estimate of drug-likeness (QED) is 0.499. The Hall–Kier alpha value is -1.86. The van der Waals surface area contributed by atoms with Crippen molar-refractivity contribution < 1.29 is 14.8 Å². The zero-order chi connectivity index (χ0) is 13.0. The zero-order valence-electron chi connectivity index (χ0n) is 8.05. The molecule has 0 bridgehead atoms. The van der Waals surface area contributed by atoms with Gasteiger partial charge in [-0.3, -0.25) is 15.5 Å². The number of anilines is 1. The van der Waals surface area contributed by atoms with Crippen molar-refractivity contribution >= 4 is 45.7 Å². The lowest BCUT2D eigenvalue weighted by Crippen LogP contribution is -2.08. The first kappa shape index (κ1) is 13.2. The van der Waals surface area contributed by atoms with Crippen LogP contribution in [0.3, 0.4) is 0 Å². The van der Waals surface area contributed by atoms with Gasteiger partial charge in [0.15, 0.2) is 0 Å². The number of rotatable bonds is 4. The Morgan fingerprint density at radius 2 is 2.18 bits per heavy atom. The van der Waals surface area contributed by atoms with Gasteiger partial charge in [0.2, 0.25) is 5.17 Å². The van der Waals surface area contributed by atoms with Crippen LogP contribution in [0.5, 0.6) is 0 Å². The summed E-state index contributed by atoms with van der Waals surface area (Å²) in [4.78, 5) is 20.3. The molecular formula is C8H5Cl2N3O4. The molecule has 0 amide bonds. The molecule has 0 aliphatic rings. The number of nitro groups is 1. The maximum Gasteiger partial charge on any atom is 0.368 e. The smallest absolute Gasteiger partial charge is 0.368 e. The summed E-state index contributed by atoms with van der Waals surface area (Å²) < 4.78 is 0. The van der Waals surface area contributed by atoms with Gasteiger partial charge in [0.25, 0.3) is 5.69 Å². The SMILES string of the molecule is O=C(O)C(Cl)=NNc1cc(Cl)ccc1[N+](=O)[O-]. The Morgan fingerprint density at radius 1 is 1.53 bits per heavy atom. The summed E-state index contributed by atoms with van der Waals surface area (Å²) in [6.07, 6.45) is 0. The number of hydrogen-bond acceptors (Lipinski definition) is 5. The van der Waals surface area contributed by atoms with Crippen LogP contribution in [0.15, 0.2) is 23.3 Å². The standard InChI is InChI=1S/C8H5Cl2N3O4/c9-4-1-2-6(13(16)17)5(3-4)11-12-7(10)8(14)15/h1-3,11H,(H,14,15). The maximum absolute atomic E-state index is 10.6. The van der Waals surface area contributed by atoms with E-state index < -0.39 is 16.1 Å². The van der Waals surface area contributed by atoms with Gasteiger partial charge in [0.05, 0.1) is 4.92 Å². The lowest BCUT2D eigenvalue weighted by molar-refractivity contribution is -0.384. The van der Waals surface area contributed by atoms with E-state index in [-0.39, 0.29) is 16.4 Å². The monoisotopic (exact) mass is 277 g/mol. The first-order valence-electron chi connectivity index (χ1n) is 4.08. The Bertz CT molecular complexity index is 504. The van der Waals surface area contributed by atoms with Crippen LogP contribution in [0.4, 0.5) is 11.4 Å². The average Bonchev–Trinajstić information content (AvgIpc) is 2.25. The third-order valence-electron chi connectivity index (χ3n) is 1.61. The first-order chi connectivity index (χ1) is 7.91. The van der Waals surface area contributed by atoms with Crippen LogP contribution in [-0.4, -0.2) is 21.2 Å². The molecular weight excluding hydrogens is 273 g/mol. The average molecular weight is 278 g/mol. The Labute approximate surface area is 105 Å². The molecule has 0 aliphatic carbocycles. The van der Waals surface area contributed by atoms with E-state index in [4.69, 9.17) is 28.3 Å². The molecule has 0 fully saturated rings. The number of aliphatic carboxylic acids is 1. The predicted molar refractivity (Wildman–Crippen MR) is 62.7 cm³/mol. The molecule has 0 aromatic heterocycles. The van der Waals surface area contributed by atoms with Crippen molar-refractivity contribution in [2.75, 3.05) is 5.43 Å². The highest BCUT2D eigenvalue weighted by atomic mass is 35.5. The molecule has 1 aromatic rings. The van der Waals surface area contributed by atoms with Gasteiger partial charge >= 0.3 is 5.97 Å². The van der Waals surface area contributed by atoms with Crippen molar-refractivity contribution in [3.05, 3.63) is 33.3 Å². The zero-order valence-corrected chi connectivity index (χ0v) is 9.57. The van der Waals surface area contributed by atoms with E-state index in [9.17, 15) is 14.9 Å². The van der Waals surface area contributed by atoms with Gasteiger partial charge < -0.3 is 5.11 Å². The van der Waals surface area contributed by atoms with Gasteiger partial charge in [0.1, 0.15) is 5.69 Å². The van der Waals surface area contributed by atoms with Crippen LogP contribution < -0.4 is 5.43 Å². The van der Waals surface area contributed by atoms with Crippen LogP contribution in [0.1, 0.15) is 0 Å². The van der Waals surface area contributed by atoms with E-state index in [1.54, 1.807) is 0 Å². The fourth-order valence-electron chi connectivity index (χ4n) is 0.914. The first-order valence-corrected chi connectivity index (χ1v) is 4.84. The molecule has 0 saturated carbocycles. The normalized spacial score (nSPS) is 11.1. The predicted octanol–water partition coefficient (Wildman–Crippen LogP) is 2.30. The molecule has 2 N–H and O–H groups in total. The Balaban J connectivity index is 3.05. The number of carbonyl (C=O) groups is 1. The molecule has 0 heterocycles. The molecule has 1 rings (SSSR count). The summed E-state index contributed by atoms with van der Waals surface area (Å²) >= 11 is 10.9. The lowest BCUT2D eigenvalue weighted by Gasteiger charge is -2.02. The molecule has 7 nitrogen and oxygen atoms in total. The molecule has 17 heavy (non-hydrogen) atoms. The molecule has 0 saturated heterocycles. The van der Waals surface area contributed by atoms with Crippen LogP contribution in [0, 0.1) is 10.1 Å². The van der Waals surface area contributed by atoms with E-state index >= 15 is 0 Å². The van der Waals surface area contributed by atoms with Crippen molar-refractivity contribution in [2.45, 2.75) is 0 Å². The van der Waals surface area contributed by atoms with Gasteiger partial charge in [-0.1, -0.05) is 23.2 Å². The molecule has 0 radical (unpaired) electrons. The van der Waals surface area contributed by atoms with Gasteiger partial charge in [-0.2, -0.15) is 5.10 Å². The van der Waals surface area contributed by atoms with E-state index in [2.05, 4.69) is 10.5 Å². The second-order valence-electron chi connectivity index (χ2n) is 2.74. The Kier molecular flexibility index (Phi) is 4.24. The molecule has 9 heteroatoms. The fourth-order valence-corrected chi connectivity index (χ4v) is 1.13. The van der Waals surface area contributed by atoms with Crippen LogP contribution in [0.25, 0.3) is 0 Å². The maximum atomic E-state index is 10.6. The molecule has 0 unspecified atom stereocenters. The van der Waals surface area contributed by atoms with E-state index in [0.29, 0.717) is 0 Å². The number of nitrogens with one attached hydrogen (secondary N) is 1. The largest absolute Gasteiger partial charge is 0.476 e. The number of hydrogen-bond donors (Lipinski definition) is 2. The third-order valence-corrected chi connectivity index (χ3v) is 2.09. The molecule has 0 atom stereocenters. The second-order valence-corrected chi connectivity index (χ2v) is 3.53. The number of nitro benzene ring substituents is 1. The minimum absolute atomic E-state index is 0.0538. The molecule has 1 aromatic carbocycles. The number of halogens is 2. The van der Waals surface area contributed by atoms with Crippen LogP contribution in [-0.2, 0) is 4.79 Å². The van der Waals surface area contributed by atoms with Crippen molar-refractivity contribution in [3.63, 3.8) is 0 Å². The van der Waals surface area contributed by atoms with Crippen molar-refractivity contribution in [1.29, 1.82) is 0 Å². The topological polar surface area (TPSA) is 105 Å². The molecule has 0 aliphatic heterocycles. The van der Waals surface area contributed by atoms with Gasteiger partial charge in [-0.25, -0.2) is 4.79 Å². The molecule has 0 spiro atoms. The minimum Gasteiger partial charge on any atom is -0.476 e. The summed E-state index contributed by atoms with van der Waals surface area (Å²) in [6.45, 7) is 0. The van der Waals surface area contributed by atoms with Crippen LogP contribution in [0.2, 0.25) is 5.02 Å². The number of nitrogens with zero attached hydrogens (tertiary/aromatic N) is 2. The van der Waals surface area contributed by atoms with Gasteiger partial charge in [-0.15, -0.1) is 0 Å². The third kappa shape index (κ3) is 3.58. The highest BCUT2D eigenvalue weighted by molar-refractivity contribution is 6.81. The lowest BCUT2D eigenvalue weighted by atomic mass is 10.3. The van der Waals surface area contributed by atoms with Gasteiger partial charge in [0, 0.05) is 11.1 Å². The molecule has 90 valence electrons. The number of hydrazone groups is 1. The highest BCUT2D eigenvalue weighted by Gasteiger charge is 2.14. The van der Waals surface area contributed by atoms with Crippen molar-refractivity contribution in [3.8, 4) is 0 Å². The number of benzene rings is 1. The second kappa shape index (κ2) is 5.46. The Morgan fingerprint density at radius 3 is 2.71 bits per heavy atom. The van der Waals surface area contributed by atoms with Crippen molar-refractivity contribution in [2.24, 2.45) is 5.10 Å². The van der Waals surface area contributed by atoms with Crippen LogP contribution >= 0.6 is 23.2 Å². The van der Waals surface area contributed by atoms with Crippen molar-refractivity contribution in [1.82, 2.24) is 0 Å². The summed E-state index contributed by atoms with van der Waals surface area (Å²) in [5.41, 5.74) is 1.81. The van der Waals surface area contributed by atoms with E-state index in [0.717, 1.165) is 6.07 Å². The summed E-state index contributed by atoms with van der Waals surface area (Å²) in [5.74, 6) is -1.45. The summed E-state index contributed by atoms with van der Waals surface area (Å²) in [6, 6.07) is 3.72. The summed E-state index contributed by atoms with van der Waals surface area (Å²) in [7, 11) is 0. The number of carboxylic acids is 1. The minimum atomic E-state index is -1.45. The summed E-state index contributed by atoms with van der Waals surface area (Å²) in [5, 5.41) is 21.8. The van der Waals surface area contributed by atoms with E-state index in [1.807, 2.05) is 0 Å². The number of carboxylic acid groups (broad SMARTS) is 1. The fraction of sp³-hybridized carbons (Fsp3) is 0. The van der Waals surface area contributed by atoms with E-state index in [1.165, 1.54) is 12.1 Å². The highest BCUT2D eigenvalue weighted by Crippen LogP contribution is 2.27.